The molecule has 3 heterocycles. The summed E-state index contributed by atoms with van der Waals surface area (Å²) in [5, 5.41) is 13.7. The maximum Gasteiger partial charge on any atom is 0.185 e. The molecule has 0 aromatic carbocycles. The van der Waals surface area contributed by atoms with Crippen LogP contribution in [0.2, 0.25) is 0 Å². The highest BCUT2D eigenvalue weighted by atomic mass is 32.1. The van der Waals surface area contributed by atoms with E-state index in [4.69, 9.17) is 0 Å². The molecule has 2 fully saturated rings. The number of nitrogens with zero attached hydrogens (tertiary/aromatic N) is 4. The largest absolute Gasteiger partial charge is 0.390 e. The second-order valence-corrected chi connectivity index (χ2v) is 8.03. The summed E-state index contributed by atoms with van der Waals surface area (Å²) >= 11 is 1.73. The van der Waals surface area contributed by atoms with Crippen LogP contribution in [0.4, 0.5) is 5.13 Å². The standard InChI is InChI=1S/C17H30N4OS/c1-14-3-5-19(6-4-14)11-16(22)12-20-7-9-21(10-8-20)17-18-15(2)13-23-17/h13-14,16,22H,3-12H2,1-2H3/t16-/m1/s1. The fourth-order valence-corrected chi connectivity index (χ4v) is 4.36. The molecule has 1 atom stereocenters. The van der Waals surface area contributed by atoms with Crippen molar-refractivity contribution in [2.45, 2.75) is 32.8 Å². The van der Waals surface area contributed by atoms with Crippen molar-refractivity contribution >= 4 is 16.5 Å². The maximum atomic E-state index is 10.4. The van der Waals surface area contributed by atoms with Gasteiger partial charge in [-0.3, -0.25) is 4.90 Å². The number of aromatic nitrogens is 1. The van der Waals surface area contributed by atoms with Gasteiger partial charge in [-0.05, 0) is 38.8 Å². The van der Waals surface area contributed by atoms with Gasteiger partial charge in [0.25, 0.3) is 0 Å². The van der Waals surface area contributed by atoms with E-state index in [2.05, 4.69) is 32.0 Å². The van der Waals surface area contributed by atoms with E-state index in [1.807, 2.05) is 6.92 Å². The Morgan fingerprint density at radius 3 is 2.30 bits per heavy atom. The quantitative estimate of drug-likeness (QED) is 0.885. The van der Waals surface area contributed by atoms with Gasteiger partial charge in [0, 0.05) is 44.6 Å². The molecular formula is C17H30N4OS. The zero-order valence-corrected chi connectivity index (χ0v) is 15.3. The average molecular weight is 339 g/mol. The van der Waals surface area contributed by atoms with E-state index in [-0.39, 0.29) is 6.10 Å². The lowest BCUT2D eigenvalue weighted by Gasteiger charge is -2.37. The van der Waals surface area contributed by atoms with Gasteiger partial charge in [0.15, 0.2) is 5.13 Å². The minimum atomic E-state index is -0.225. The number of piperidine rings is 1. The Morgan fingerprint density at radius 1 is 1.13 bits per heavy atom. The number of aryl methyl sites for hydroxylation is 1. The Labute approximate surface area is 143 Å². The molecule has 0 saturated carbocycles. The fraction of sp³-hybridized carbons (Fsp3) is 0.824. The average Bonchev–Trinajstić information content (AvgIpc) is 2.97. The summed E-state index contributed by atoms with van der Waals surface area (Å²) in [5.74, 6) is 0.853. The van der Waals surface area contributed by atoms with Crippen LogP contribution in [0.25, 0.3) is 0 Å². The van der Waals surface area contributed by atoms with Gasteiger partial charge >= 0.3 is 0 Å². The lowest BCUT2D eigenvalue weighted by molar-refractivity contribution is 0.0597. The predicted molar refractivity (Wildman–Crippen MR) is 96.3 cm³/mol. The summed E-state index contributed by atoms with van der Waals surface area (Å²) in [4.78, 5) is 11.8. The number of hydrogen-bond acceptors (Lipinski definition) is 6. The predicted octanol–water partition coefficient (Wildman–Crippen LogP) is 1.67. The van der Waals surface area contributed by atoms with Crippen molar-refractivity contribution in [3.05, 3.63) is 11.1 Å². The number of anilines is 1. The molecule has 0 amide bonds. The lowest BCUT2D eigenvalue weighted by atomic mass is 9.99. The van der Waals surface area contributed by atoms with Crippen LogP contribution in [-0.2, 0) is 0 Å². The van der Waals surface area contributed by atoms with Crippen molar-refractivity contribution in [2.75, 3.05) is 57.3 Å². The fourth-order valence-electron chi connectivity index (χ4n) is 3.51. The topological polar surface area (TPSA) is 42.8 Å². The molecule has 6 heteroatoms. The van der Waals surface area contributed by atoms with Gasteiger partial charge in [-0.15, -0.1) is 11.3 Å². The second kappa shape index (κ2) is 7.92. The highest BCUT2D eigenvalue weighted by molar-refractivity contribution is 7.13. The first-order valence-corrected chi connectivity index (χ1v) is 9.78. The Morgan fingerprint density at radius 2 is 1.74 bits per heavy atom. The van der Waals surface area contributed by atoms with Crippen LogP contribution < -0.4 is 4.90 Å². The lowest BCUT2D eigenvalue weighted by Crippen LogP contribution is -2.50. The number of likely N-dealkylation sites (tertiary alicyclic amines) is 1. The van der Waals surface area contributed by atoms with E-state index >= 15 is 0 Å². The first kappa shape index (κ1) is 17.1. The molecule has 0 spiro atoms. The van der Waals surface area contributed by atoms with Gasteiger partial charge < -0.3 is 14.9 Å². The molecule has 1 N–H and O–H groups in total. The van der Waals surface area contributed by atoms with Gasteiger partial charge in [-0.25, -0.2) is 4.98 Å². The van der Waals surface area contributed by atoms with E-state index in [1.165, 1.54) is 12.8 Å². The van der Waals surface area contributed by atoms with Crippen molar-refractivity contribution in [1.82, 2.24) is 14.8 Å². The van der Waals surface area contributed by atoms with E-state index in [9.17, 15) is 5.11 Å². The number of thiazole rings is 1. The molecule has 1 aromatic heterocycles. The molecule has 2 saturated heterocycles. The van der Waals surface area contributed by atoms with Crippen LogP contribution in [0.15, 0.2) is 5.38 Å². The number of rotatable bonds is 5. The zero-order valence-electron chi connectivity index (χ0n) is 14.4. The van der Waals surface area contributed by atoms with Crippen LogP contribution in [0, 0.1) is 12.8 Å². The Bertz CT molecular complexity index is 479. The third-order valence-corrected chi connectivity index (χ3v) is 6.08. The molecule has 1 aromatic rings. The summed E-state index contributed by atoms with van der Waals surface area (Å²) in [7, 11) is 0. The van der Waals surface area contributed by atoms with Crippen LogP contribution in [0.5, 0.6) is 0 Å². The first-order valence-electron chi connectivity index (χ1n) is 8.90. The van der Waals surface area contributed by atoms with Gasteiger partial charge in [0.2, 0.25) is 0 Å². The number of piperazine rings is 1. The summed E-state index contributed by atoms with van der Waals surface area (Å²) in [6.07, 6.45) is 2.33. The summed E-state index contributed by atoms with van der Waals surface area (Å²) in [5.41, 5.74) is 1.11. The molecule has 2 aliphatic heterocycles. The van der Waals surface area contributed by atoms with Gasteiger partial charge in [-0.2, -0.15) is 0 Å². The molecule has 130 valence electrons. The second-order valence-electron chi connectivity index (χ2n) is 7.20. The first-order chi connectivity index (χ1) is 11.1. The summed E-state index contributed by atoms with van der Waals surface area (Å²) in [6.45, 7) is 12.4. The molecule has 0 bridgehead atoms. The van der Waals surface area contributed by atoms with E-state index in [0.29, 0.717) is 0 Å². The van der Waals surface area contributed by atoms with E-state index < -0.39 is 0 Å². The van der Waals surface area contributed by atoms with Gasteiger partial charge in [-0.1, -0.05) is 6.92 Å². The molecule has 3 rings (SSSR count). The van der Waals surface area contributed by atoms with Crippen LogP contribution in [-0.4, -0.2) is 78.4 Å². The molecule has 0 aliphatic carbocycles. The number of aliphatic hydroxyl groups is 1. The number of hydrogen-bond donors (Lipinski definition) is 1. The highest BCUT2D eigenvalue weighted by Crippen LogP contribution is 2.21. The van der Waals surface area contributed by atoms with Crippen molar-refractivity contribution in [1.29, 1.82) is 0 Å². The molecule has 2 aliphatic rings. The highest BCUT2D eigenvalue weighted by Gasteiger charge is 2.23. The van der Waals surface area contributed by atoms with Crippen molar-refractivity contribution < 1.29 is 5.11 Å². The molecular weight excluding hydrogens is 308 g/mol. The van der Waals surface area contributed by atoms with Gasteiger partial charge in [0.05, 0.1) is 11.8 Å². The van der Waals surface area contributed by atoms with E-state index in [0.717, 1.165) is 69.1 Å². The SMILES string of the molecule is Cc1csc(N2CCN(C[C@H](O)CN3CCC(C)CC3)CC2)n1. The molecule has 0 unspecified atom stereocenters. The minimum absolute atomic E-state index is 0.225. The Balaban J connectivity index is 1.38. The maximum absolute atomic E-state index is 10.4. The van der Waals surface area contributed by atoms with Crippen molar-refractivity contribution in [3.63, 3.8) is 0 Å². The zero-order chi connectivity index (χ0) is 16.2. The molecule has 0 radical (unpaired) electrons. The third kappa shape index (κ3) is 4.89. The van der Waals surface area contributed by atoms with Crippen molar-refractivity contribution in [2.24, 2.45) is 5.92 Å². The van der Waals surface area contributed by atoms with E-state index in [1.54, 1.807) is 11.3 Å². The minimum Gasteiger partial charge on any atom is -0.390 e. The summed E-state index contributed by atoms with van der Waals surface area (Å²) < 4.78 is 0. The van der Waals surface area contributed by atoms with Gasteiger partial charge in [0.1, 0.15) is 0 Å². The van der Waals surface area contributed by atoms with Crippen molar-refractivity contribution in [3.8, 4) is 0 Å². The normalized spacial score (nSPS) is 23.3. The third-order valence-electron chi connectivity index (χ3n) is 5.06. The number of aliphatic hydroxyl groups excluding tert-OH is 1. The van der Waals surface area contributed by atoms with Crippen LogP contribution in [0.3, 0.4) is 0 Å². The molecule has 23 heavy (non-hydrogen) atoms. The molecule has 5 nitrogen and oxygen atoms in total. The number of β-amino-alcohol motifs (C(OH)–C–C–N with tert-alkyl or cyclic N) is 1. The Hall–Kier alpha value is -0.690. The van der Waals surface area contributed by atoms with Crippen LogP contribution >= 0.6 is 11.3 Å². The summed E-state index contributed by atoms with van der Waals surface area (Å²) in [6, 6.07) is 0. The van der Waals surface area contributed by atoms with Crippen LogP contribution in [0.1, 0.15) is 25.5 Å². The Kier molecular flexibility index (Phi) is 5.91. The smallest absolute Gasteiger partial charge is 0.185 e. The monoisotopic (exact) mass is 338 g/mol.